The summed E-state index contributed by atoms with van der Waals surface area (Å²) in [7, 11) is 0. The predicted octanol–water partition coefficient (Wildman–Crippen LogP) is 2.84. The van der Waals surface area contributed by atoms with E-state index in [0.29, 0.717) is 5.56 Å². The Kier molecular flexibility index (Phi) is 5.11. The van der Waals surface area contributed by atoms with Crippen molar-refractivity contribution >= 4 is 23.5 Å². The minimum atomic E-state index is -1.17. The molecule has 1 aromatic carbocycles. The second kappa shape index (κ2) is 6.22. The summed E-state index contributed by atoms with van der Waals surface area (Å²) in [5, 5.41) is 11.6. The molecular weight excluding hydrogens is 285 g/mol. The average Bonchev–Trinajstić information content (AvgIpc) is 2.28. The smallest absolute Gasteiger partial charge is 0.316 e. The van der Waals surface area contributed by atoms with Gasteiger partial charge in [0.05, 0.1) is 5.02 Å². The SMILES string of the molecule is CC(C)(C)C(C(=O)O)C(=O)NCc1ccc(F)c(Cl)c1. The molecule has 0 fully saturated rings. The minimum Gasteiger partial charge on any atom is -0.481 e. The Morgan fingerprint density at radius 3 is 2.45 bits per heavy atom. The summed E-state index contributed by atoms with van der Waals surface area (Å²) in [6, 6.07) is 4.07. The van der Waals surface area contributed by atoms with E-state index in [1.165, 1.54) is 18.2 Å². The zero-order valence-electron chi connectivity index (χ0n) is 11.5. The Balaban J connectivity index is 2.75. The van der Waals surface area contributed by atoms with E-state index in [1.807, 2.05) is 0 Å². The van der Waals surface area contributed by atoms with E-state index in [2.05, 4.69) is 5.32 Å². The zero-order chi connectivity index (χ0) is 15.5. The van der Waals surface area contributed by atoms with Crippen molar-refractivity contribution in [2.75, 3.05) is 0 Å². The average molecular weight is 302 g/mol. The van der Waals surface area contributed by atoms with Gasteiger partial charge in [-0.05, 0) is 23.1 Å². The van der Waals surface area contributed by atoms with Gasteiger partial charge in [0.1, 0.15) is 11.7 Å². The summed E-state index contributed by atoms with van der Waals surface area (Å²) in [5.74, 6) is -3.45. The Bertz CT molecular complexity index is 526. The minimum absolute atomic E-state index is 0.0395. The number of hydrogen-bond donors (Lipinski definition) is 2. The first-order valence-electron chi connectivity index (χ1n) is 6.07. The maximum absolute atomic E-state index is 13.0. The van der Waals surface area contributed by atoms with Crippen LogP contribution in [0.15, 0.2) is 18.2 Å². The van der Waals surface area contributed by atoms with Crippen LogP contribution < -0.4 is 5.32 Å². The summed E-state index contributed by atoms with van der Waals surface area (Å²) in [6.07, 6.45) is 0. The van der Waals surface area contributed by atoms with Gasteiger partial charge in [-0.3, -0.25) is 9.59 Å². The van der Waals surface area contributed by atoms with E-state index in [9.17, 15) is 14.0 Å². The van der Waals surface area contributed by atoms with Crippen LogP contribution in [0.1, 0.15) is 26.3 Å². The Morgan fingerprint density at radius 2 is 2.00 bits per heavy atom. The second-order valence-corrected chi connectivity index (χ2v) is 6.01. The molecule has 4 nitrogen and oxygen atoms in total. The third-order valence-electron chi connectivity index (χ3n) is 2.83. The van der Waals surface area contributed by atoms with Crippen LogP contribution in [0.2, 0.25) is 5.02 Å². The first-order valence-corrected chi connectivity index (χ1v) is 6.45. The summed E-state index contributed by atoms with van der Waals surface area (Å²) in [5.41, 5.74) is -0.0982. The molecule has 1 atom stereocenters. The Labute approximate surface area is 121 Å². The molecule has 0 aromatic heterocycles. The molecule has 0 aliphatic carbocycles. The second-order valence-electron chi connectivity index (χ2n) is 5.60. The standard InChI is InChI=1S/C14H17ClFNO3/c1-14(2,3)11(13(19)20)12(18)17-7-8-4-5-10(16)9(15)6-8/h4-6,11H,7H2,1-3H3,(H,17,18)(H,19,20). The lowest BCUT2D eigenvalue weighted by Gasteiger charge is -2.25. The van der Waals surface area contributed by atoms with Crippen LogP contribution in [0.4, 0.5) is 4.39 Å². The predicted molar refractivity (Wildman–Crippen MR) is 73.8 cm³/mol. The van der Waals surface area contributed by atoms with E-state index < -0.39 is 29.0 Å². The normalized spacial score (nSPS) is 12.8. The summed E-state index contributed by atoms with van der Waals surface area (Å²) >= 11 is 5.63. The van der Waals surface area contributed by atoms with Gasteiger partial charge < -0.3 is 10.4 Å². The number of benzene rings is 1. The van der Waals surface area contributed by atoms with E-state index in [1.54, 1.807) is 20.8 Å². The van der Waals surface area contributed by atoms with Crippen LogP contribution in [-0.4, -0.2) is 17.0 Å². The molecule has 0 saturated carbocycles. The van der Waals surface area contributed by atoms with E-state index >= 15 is 0 Å². The van der Waals surface area contributed by atoms with Gasteiger partial charge in [0.25, 0.3) is 0 Å². The first-order chi connectivity index (χ1) is 9.12. The van der Waals surface area contributed by atoms with Crippen LogP contribution in [0.25, 0.3) is 0 Å². The number of carboxylic acids is 1. The van der Waals surface area contributed by atoms with Crippen LogP contribution in [-0.2, 0) is 16.1 Å². The fraction of sp³-hybridized carbons (Fsp3) is 0.429. The van der Waals surface area contributed by atoms with Crippen molar-refractivity contribution in [3.8, 4) is 0 Å². The lowest BCUT2D eigenvalue weighted by Crippen LogP contribution is -2.42. The summed E-state index contributed by atoms with van der Waals surface area (Å²) in [4.78, 5) is 23.1. The highest BCUT2D eigenvalue weighted by atomic mass is 35.5. The zero-order valence-corrected chi connectivity index (χ0v) is 12.3. The third-order valence-corrected chi connectivity index (χ3v) is 3.12. The molecule has 0 bridgehead atoms. The maximum Gasteiger partial charge on any atom is 0.316 e. The topological polar surface area (TPSA) is 66.4 Å². The van der Waals surface area contributed by atoms with Crippen molar-refractivity contribution in [2.45, 2.75) is 27.3 Å². The highest BCUT2D eigenvalue weighted by molar-refractivity contribution is 6.30. The molecule has 0 aliphatic rings. The molecule has 0 radical (unpaired) electrons. The molecule has 0 aliphatic heterocycles. The molecule has 2 N–H and O–H groups in total. The number of carboxylic acid groups (broad SMARTS) is 1. The van der Waals surface area contributed by atoms with Gasteiger partial charge in [0, 0.05) is 6.54 Å². The molecule has 1 unspecified atom stereocenters. The van der Waals surface area contributed by atoms with Gasteiger partial charge >= 0.3 is 5.97 Å². The van der Waals surface area contributed by atoms with E-state index in [4.69, 9.17) is 16.7 Å². The largest absolute Gasteiger partial charge is 0.481 e. The summed E-state index contributed by atoms with van der Waals surface area (Å²) < 4.78 is 13.0. The highest BCUT2D eigenvalue weighted by Gasteiger charge is 2.37. The molecule has 20 heavy (non-hydrogen) atoms. The third kappa shape index (κ3) is 4.20. The quantitative estimate of drug-likeness (QED) is 0.840. The van der Waals surface area contributed by atoms with Crippen molar-refractivity contribution in [3.05, 3.63) is 34.6 Å². The van der Waals surface area contributed by atoms with E-state index in [-0.39, 0.29) is 11.6 Å². The van der Waals surface area contributed by atoms with Crippen molar-refractivity contribution in [1.82, 2.24) is 5.32 Å². The van der Waals surface area contributed by atoms with E-state index in [0.717, 1.165) is 0 Å². The lowest BCUT2D eigenvalue weighted by atomic mass is 9.80. The van der Waals surface area contributed by atoms with Crippen molar-refractivity contribution in [2.24, 2.45) is 11.3 Å². The number of carbonyl (C=O) groups is 2. The van der Waals surface area contributed by atoms with Crippen LogP contribution in [0.5, 0.6) is 0 Å². The van der Waals surface area contributed by atoms with Crippen molar-refractivity contribution in [3.63, 3.8) is 0 Å². The first kappa shape index (κ1) is 16.4. The number of carbonyl (C=O) groups excluding carboxylic acids is 1. The molecule has 0 saturated heterocycles. The number of halogens is 2. The molecule has 110 valence electrons. The van der Waals surface area contributed by atoms with Gasteiger partial charge in [-0.25, -0.2) is 4.39 Å². The monoisotopic (exact) mass is 301 g/mol. The molecule has 0 spiro atoms. The van der Waals surface area contributed by atoms with Gasteiger partial charge in [-0.15, -0.1) is 0 Å². The van der Waals surface area contributed by atoms with Crippen LogP contribution in [0, 0.1) is 17.2 Å². The van der Waals surface area contributed by atoms with Crippen LogP contribution >= 0.6 is 11.6 Å². The molecule has 1 aromatic rings. The number of aliphatic carboxylic acids is 1. The maximum atomic E-state index is 13.0. The van der Waals surface area contributed by atoms with Gasteiger partial charge in [-0.2, -0.15) is 0 Å². The number of hydrogen-bond acceptors (Lipinski definition) is 2. The number of rotatable bonds is 4. The molecule has 1 rings (SSSR count). The number of nitrogens with one attached hydrogen (secondary N) is 1. The van der Waals surface area contributed by atoms with Crippen molar-refractivity contribution in [1.29, 1.82) is 0 Å². The van der Waals surface area contributed by atoms with Crippen LogP contribution in [0.3, 0.4) is 0 Å². The van der Waals surface area contributed by atoms with Crippen molar-refractivity contribution < 1.29 is 19.1 Å². The molecular formula is C14H17ClFNO3. The molecule has 0 heterocycles. The lowest BCUT2D eigenvalue weighted by molar-refractivity contribution is -0.151. The molecule has 1 amide bonds. The summed E-state index contributed by atoms with van der Waals surface area (Å²) in [6.45, 7) is 5.14. The number of amides is 1. The Hall–Kier alpha value is -1.62. The Morgan fingerprint density at radius 1 is 1.40 bits per heavy atom. The highest BCUT2D eigenvalue weighted by Crippen LogP contribution is 2.26. The fourth-order valence-electron chi connectivity index (χ4n) is 1.82. The molecule has 6 heteroatoms. The van der Waals surface area contributed by atoms with Gasteiger partial charge in [0.2, 0.25) is 5.91 Å². The fourth-order valence-corrected chi connectivity index (χ4v) is 2.02. The van der Waals surface area contributed by atoms with Gasteiger partial charge in [-0.1, -0.05) is 38.4 Å². The van der Waals surface area contributed by atoms with Gasteiger partial charge in [0.15, 0.2) is 0 Å².